The minimum absolute atomic E-state index is 0.0756. The van der Waals surface area contributed by atoms with E-state index in [1.54, 1.807) is 18.2 Å². The van der Waals surface area contributed by atoms with Crippen molar-refractivity contribution in [1.29, 1.82) is 0 Å². The molecule has 0 aliphatic heterocycles. The zero-order chi connectivity index (χ0) is 21.8. The molecule has 31 heavy (non-hydrogen) atoms. The van der Waals surface area contributed by atoms with Gasteiger partial charge in [-0.2, -0.15) is 0 Å². The van der Waals surface area contributed by atoms with E-state index >= 15 is 0 Å². The highest BCUT2D eigenvalue weighted by atomic mass is 16.3. The number of carbonyl (C=O) groups is 2. The van der Waals surface area contributed by atoms with E-state index in [-0.39, 0.29) is 24.0 Å². The molecule has 0 spiro atoms. The van der Waals surface area contributed by atoms with Crippen molar-refractivity contribution >= 4 is 28.4 Å². The minimum atomic E-state index is -0.319. The Morgan fingerprint density at radius 2 is 1.84 bits per heavy atom. The van der Waals surface area contributed by atoms with E-state index in [1.807, 2.05) is 56.3 Å². The molecule has 0 atom stereocenters. The van der Waals surface area contributed by atoms with E-state index < -0.39 is 0 Å². The molecule has 0 aliphatic rings. The number of benzene rings is 2. The van der Waals surface area contributed by atoms with Gasteiger partial charge in [-0.25, -0.2) is 0 Å². The Balaban J connectivity index is 1.40. The average Bonchev–Trinajstić information content (AvgIpc) is 3.31. The summed E-state index contributed by atoms with van der Waals surface area (Å²) < 4.78 is 5.11. The molecule has 2 aromatic heterocycles. The fraction of sp³-hybridized carbons (Fsp3) is 0.160. The SMILES string of the molecule is Cc1nc2ccccc2c(C)c1CC(=O)NCc1cccc(NC(=O)c2ccco2)c1. The van der Waals surface area contributed by atoms with Crippen LogP contribution in [0.5, 0.6) is 0 Å². The molecule has 2 amide bonds. The summed E-state index contributed by atoms with van der Waals surface area (Å²) in [6, 6.07) is 18.6. The van der Waals surface area contributed by atoms with Gasteiger partial charge in [0.2, 0.25) is 5.91 Å². The Labute approximate surface area is 180 Å². The summed E-state index contributed by atoms with van der Waals surface area (Å²) in [5.41, 5.74) is 5.37. The summed E-state index contributed by atoms with van der Waals surface area (Å²) in [4.78, 5) is 29.4. The van der Waals surface area contributed by atoms with Crippen LogP contribution in [0, 0.1) is 13.8 Å². The molecule has 0 unspecified atom stereocenters. The first kappa shape index (κ1) is 20.3. The molecule has 0 bridgehead atoms. The number of amides is 2. The molecule has 2 N–H and O–H groups in total. The minimum Gasteiger partial charge on any atom is -0.459 e. The number of fused-ring (bicyclic) bond motifs is 1. The highest BCUT2D eigenvalue weighted by Crippen LogP contribution is 2.23. The van der Waals surface area contributed by atoms with Gasteiger partial charge in [0.25, 0.3) is 5.91 Å². The molecule has 4 rings (SSSR count). The summed E-state index contributed by atoms with van der Waals surface area (Å²) in [7, 11) is 0. The second-order valence-corrected chi connectivity index (χ2v) is 7.40. The molecule has 0 saturated heterocycles. The standard InChI is InChI=1S/C25H23N3O3/c1-16-20-9-3-4-10-22(20)27-17(2)21(16)14-24(29)26-15-18-7-5-8-19(13-18)28-25(30)23-11-6-12-31-23/h3-13H,14-15H2,1-2H3,(H,26,29)(H,28,30). The zero-order valence-corrected chi connectivity index (χ0v) is 17.4. The van der Waals surface area contributed by atoms with Crippen LogP contribution in [0.15, 0.2) is 71.3 Å². The van der Waals surface area contributed by atoms with Crippen LogP contribution in [0.1, 0.15) is 32.9 Å². The van der Waals surface area contributed by atoms with Gasteiger partial charge in [0.05, 0.1) is 18.2 Å². The molecule has 6 nitrogen and oxygen atoms in total. The maximum Gasteiger partial charge on any atom is 0.291 e. The van der Waals surface area contributed by atoms with Crippen molar-refractivity contribution < 1.29 is 14.0 Å². The van der Waals surface area contributed by atoms with Gasteiger partial charge in [0.1, 0.15) is 0 Å². The van der Waals surface area contributed by atoms with Crippen molar-refractivity contribution in [3.63, 3.8) is 0 Å². The Bertz CT molecular complexity index is 1250. The molecular weight excluding hydrogens is 390 g/mol. The van der Waals surface area contributed by atoms with Gasteiger partial charge in [0, 0.05) is 23.3 Å². The lowest BCUT2D eigenvalue weighted by molar-refractivity contribution is -0.120. The van der Waals surface area contributed by atoms with Gasteiger partial charge in [-0.15, -0.1) is 0 Å². The van der Waals surface area contributed by atoms with Crippen molar-refractivity contribution in [3.05, 3.63) is 95.1 Å². The Kier molecular flexibility index (Phi) is 5.80. The Morgan fingerprint density at radius 1 is 1.00 bits per heavy atom. The molecule has 156 valence electrons. The third kappa shape index (κ3) is 4.64. The van der Waals surface area contributed by atoms with Gasteiger partial charge < -0.3 is 15.1 Å². The summed E-state index contributed by atoms with van der Waals surface area (Å²) in [6.45, 7) is 4.33. The summed E-state index contributed by atoms with van der Waals surface area (Å²) in [5.74, 6) is -0.150. The number of furan rings is 1. The van der Waals surface area contributed by atoms with Gasteiger partial charge in [-0.1, -0.05) is 30.3 Å². The van der Waals surface area contributed by atoms with Crippen LogP contribution in [0.4, 0.5) is 5.69 Å². The van der Waals surface area contributed by atoms with E-state index in [4.69, 9.17) is 4.42 Å². The van der Waals surface area contributed by atoms with E-state index in [2.05, 4.69) is 15.6 Å². The largest absolute Gasteiger partial charge is 0.459 e. The van der Waals surface area contributed by atoms with E-state index in [9.17, 15) is 9.59 Å². The maximum atomic E-state index is 12.6. The predicted molar refractivity (Wildman–Crippen MR) is 120 cm³/mol. The van der Waals surface area contributed by atoms with Gasteiger partial charge in [-0.3, -0.25) is 14.6 Å². The van der Waals surface area contributed by atoms with E-state index in [0.29, 0.717) is 12.2 Å². The Morgan fingerprint density at radius 3 is 2.65 bits per heavy atom. The van der Waals surface area contributed by atoms with Crippen LogP contribution in [0.2, 0.25) is 0 Å². The van der Waals surface area contributed by atoms with Crippen molar-refractivity contribution in [2.75, 3.05) is 5.32 Å². The normalized spacial score (nSPS) is 10.8. The lowest BCUT2D eigenvalue weighted by atomic mass is 9.99. The molecule has 0 fully saturated rings. The molecule has 0 saturated carbocycles. The predicted octanol–water partition coefficient (Wildman–Crippen LogP) is 4.56. The smallest absolute Gasteiger partial charge is 0.291 e. The number of rotatable bonds is 6. The quantitative estimate of drug-likeness (QED) is 0.485. The molecule has 2 heterocycles. The molecule has 6 heteroatoms. The number of nitrogens with one attached hydrogen (secondary N) is 2. The van der Waals surface area contributed by atoms with Crippen LogP contribution >= 0.6 is 0 Å². The van der Waals surface area contributed by atoms with Gasteiger partial charge in [0.15, 0.2) is 5.76 Å². The highest BCUT2D eigenvalue weighted by Gasteiger charge is 2.13. The van der Waals surface area contributed by atoms with Crippen molar-refractivity contribution in [2.24, 2.45) is 0 Å². The number of aryl methyl sites for hydroxylation is 2. The zero-order valence-electron chi connectivity index (χ0n) is 17.4. The highest BCUT2D eigenvalue weighted by molar-refractivity contribution is 6.02. The van der Waals surface area contributed by atoms with Crippen LogP contribution < -0.4 is 10.6 Å². The molecule has 2 aromatic carbocycles. The Hall–Kier alpha value is -3.93. The number of pyridine rings is 1. The van der Waals surface area contributed by atoms with E-state index in [1.165, 1.54) is 6.26 Å². The second-order valence-electron chi connectivity index (χ2n) is 7.40. The topological polar surface area (TPSA) is 84.2 Å². The molecule has 0 aliphatic carbocycles. The first-order chi connectivity index (χ1) is 15.0. The number of hydrogen-bond acceptors (Lipinski definition) is 4. The first-order valence-corrected chi connectivity index (χ1v) is 10.1. The van der Waals surface area contributed by atoms with Crippen LogP contribution in [0.25, 0.3) is 10.9 Å². The number of para-hydroxylation sites is 1. The maximum absolute atomic E-state index is 12.6. The fourth-order valence-corrected chi connectivity index (χ4v) is 3.61. The van der Waals surface area contributed by atoms with Crippen LogP contribution in [-0.2, 0) is 17.8 Å². The van der Waals surface area contributed by atoms with Gasteiger partial charge in [-0.05, 0) is 60.9 Å². The molecular formula is C25H23N3O3. The third-order valence-electron chi connectivity index (χ3n) is 5.24. The van der Waals surface area contributed by atoms with Gasteiger partial charge >= 0.3 is 0 Å². The van der Waals surface area contributed by atoms with Crippen molar-refractivity contribution in [3.8, 4) is 0 Å². The van der Waals surface area contributed by atoms with E-state index in [0.717, 1.165) is 33.3 Å². The molecule has 0 radical (unpaired) electrons. The second kappa shape index (κ2) is 8.83. The number of anilines is 1. The summed E-state index contributed by atoms with van der Waals surface area (Å²) >= 11 is 0. The van der Waals surface area contributed by atoms with Crippen molar-refractivity contribution in [2.45, 2.75) is 26.8 Å². The van der Waals surface area contributed by atoms with Crippen molar-refractivity contribution in [1.82, 2.24) is 10.3 Å². The monoisotopic (exact) mass is 413 g/mol. The first-order valence-electron chi connectivity index (χ1n) is 10.1. The number of nitrogens with zero attached hydrogens (tertiary/aromatic N) is 1. The van der Waals surface area contributed by atoms with Crippen LogP contribution in [0.3, 0.4) is 0 Å². The summed E-state index contributed by atoms with van der Waals surface area (Å²) in [5, 5.41) is 6.82. The third-order valence-corrected chi connectivity index (χ3v) is 5.24. The lowest BCUT2D eigenvalue weighted by Crippen LogP contribution is -2.25. The number of aromatic nitrogens is 1. The fourth-order valence-electron chi connectivity index (χ4n) is 3.61. The summed E-state index contributed by atoms with van der Waals surface area (Å²) in [6.07, 6.45) is 1.72. The van der Waals surface area contributed by atoms with Crippen LogP contribution in [-0.4, -0.2) is 16.8 Å². The lowest BCUT2D eigenvalue weighted by Gasteiger charge is -2.13. The molecule has 4 aromatic rings. The number of carbonyl (C=O) groups excluding carboxylic acids is 2. The number of hydrogen-bond donors (Lipinski definition) is 2. The average molecular weight is 413 g/mol.